The maximum absolute atomic E-state index is 11.2. The molecule has 2 fully saturated rings. The molecule has 0 heterocycles. The van der Waals surface area contributed by atoms with Gasteiger partial charge in [-0.05, 0) is 37.5 Å². The van der Waals surface area contributed by atoms with Gasteiger partial charge in [0.1, 0.15) is 0 Å². The quantitative estimate of drug-likeness (QED) is 0.662. The lowest BCUT2D eigenvalue weighted by Gasteiger charge is -2.35. The number of rotatable bonds is 2. The van der Waals surface area contributed by atoms with Crippen LogP contribution in [0.1, 0.15) is 38.5 Å². The van der Waals surface area contributed by atoms with Crippen molar-refractivity contribution in [3.63, 3.8) is 0 Å². The molecular weight excluding hydrogens is 164 g/mol. The number of carbonyl (C=O) groups is 1. The van der Waals surface area contributed by atoms with Crippen LogP contribution in [0.5, 0.6) is 0 Å². The summed E-state index contributed by atoms with van der Waals surface area (Å²) in [6.07, 6.45) is 6.59. The summed E-state index contributed by atoms with van der Waals surface area (Å²) in [5, 5.41) is 0. The van der Waals surface area contributed by atoms with E-state index in [1.807, 2.05) is 0 Å². The third-order valence-corrected chi connectivity index (χ3v) is 3.60. The molecule has 3 heteroatoms. The molecule has 2 atom stereocenters. The van der Waals surface area contributed by atoms with E-state index in [0.717, 1.165) is 25.2 Å². The largest absolute Gasteiger partial charge is 0.368 e. The van der Waals surface area contributed by atoms with E-state index in [4.69, 9.17) is 11.5 Å². The molecule has 0 aromatic heterocycles. The van der Waals surface area contributed by atoms with E-state index in [2.05, 4.69) is 0 Å². The van der Waals surface area contributed by atoms with Crippen LogP contribution in [0.2, 0.25) is 0 Å². The first-order valence-corrected chi connectivity index (χ1v) is 5.20. The SMILES string of the molecule is NC(=O)C1(N)CCCC(C2CC2)C1. The smallest absolute Gasteiger partial charge is 0.237 e. The standard InChI is InChI=1S/C10H18N2O/c11-9(13)10(12)5-1-2-8(6-10)7-3-4-7/h7-8H,1-6,12H2,(H2,11,13). The second kappa shape index (κ2) is 2.98. The van der Waals surface area contributed by atoms with Crippen LogP contribution in [-0.4, -0.2) is 11.4 Å². The Labute approximate surface area is 78.9 Å². The Kier molecular flexibility index (Phi) is 2.06. The van der Waals surface area contributed by atoms with E-state index in [0.29, 0.717) is 5.92 Å². The van der Waals surface area contributed by atoms with Gasteiger partial charge in [-0.25, -0.2) is 0 Å². The molecule has 74 valence electrons. The average Bonchev–Trinajstić information content (AvgIpc) is 2.86. The Balaban J connectivity index is 2.01. The van der Waals surface area contributed by atoms with Crippen molar-refractivity contribution in [3.8, 4) is 0 Å². The lowest BCUT2D eigenvalue weighted by molar-refractivity contribution is -0.124. The number of nitrogens with two attached hydrogens (primary N) is 2. The van der Waals surface area contributed by atoms with E-state index < -0.39 is 5.54 Å². The van der Waals surface area contributed by atoms with E-state index in [1.165, 1.54) is 19.3 Å². The van der Waals surface area contributed by atoms with Crippen LogP contribution in [0.25, 0.3) is 0 Å². The third-order valence-electron chi connectivity index (χ3n) is 3.60. The van der Waals surface area contributed by atoms with Crippen molar-refractivity contribution in [3.05, 3.63) is 0 Å². The van der Waals surface area contributed by atoms with Crippen LogP contribution in [0.4, 0.5) is 0 Å². The third kappa shape index (κ3) is 1.70. The van der Waals surface area contributed by atoms with Gasteiger partial charge in [-0.2, -0.15) is 0 Å². The van der Waals surface area contributed by atoms with Crippen LogP contribution in [-0.2, 0) is 4.79 Å². The van der Waals surface area contributed by atoms with Crippen LogP contribution < -0.4 is 11.5 Å². The summed E-state index contributed by atoms with van der Waals surface area (Å²) in [5.74, 6) is 1.21. The molecule has 0 aromatic carbocycles. The zero-order valence-corrected chi connectivity index (χ0v) is 7.96. The second-order valence-corrected chi connectivity index (χ2v) is 4.71. The molecule has 0 aromatic rings. The van der Waals surface area contributed by atoms with Crippen molar-refractivity contribution in [2.45, 2.75) is 44.1 Å². The Hall–Kier alpha value is -0.570. The number of hydrogen-bond acceptors (Lipinski definition) is 2. The molecule has 0 spiro atoms. The summed E-state index contributed by atoms with van der Waals surface area (Å²) in [7, 11) is 0. The van der Waals surface area contributed by atoms with Crippen molar-refractivity contribution < 1.29 is 4.79 Å². The van der Waals surface area contributed by atoms with E-state index >= 15 is 0 Å². The number of carbonyl (C=O) groups excluding carboxylic acids is 1. The topological polar surface area (TPSA) is 69.1 Å². The number of hydrogen-bond donors (Lipinski definition) is 2. The first-order valence-electron chi connectivity index (χ1n) is 5.20. The highest BCUT2D eigenvalue weighted by Gasteiger charge is 2.42. The average molecular weight is 182 g/mol. The van der Waals surface area contributed by atoms with E-state index in [9.17, 15) is 4.79 Å². The molecule has 0 radical (unpaired) electrons. The van der Waals surface area contributed by atoms with Gasteiger partial charge in [0.15, 0.2) is 0 Å². The lowest BCUT2D eigenvalue weighted by Crippen LogP contribution is -2.54. The van der Waals surface area contributed by atoms with Gasteiger partial charge in [-0.15, -0.1) is 0 Å². The molecule has 0 saturated heterocycles. The molecular formula is C10H18N2O. The number of primary amides is 1. The first kappa shape index (κ1) is 9.00. The number of amides is 1. The van der Waals surface area contributed by atoms with Crippen LogP contribution in [0.3, 0.4) is 0 Å². The van der Waals surface area contributed by atoms with Crippen molar-refractivity contribution >= 4 is 5.91 Å². The maximum atomic E-state index is 11.2. The molecule has 0 aliphatic heterocycles. The van der Waals surface area contributed by atoms with Gasteiger partial charge < -0.3 is 11.5 Å². The van der Waals surface area contributed by atoms with Gasteiger partial charge in [0.2, 0.25) is 5.91 Å². The van der Waals surface area contributed by atoms with Crippen molar-refractivity contribution in [2.75, 3.05) is 0 Å². The molecule has 3 nitrogen and oxygen atoms in total. The summed E-state index contributed by atoms with van der Waals surface area (Å²) >= 11 is 0. The monoisotopic (exact) mass is 182 g/mol. The van der Waals surface area contributed by atoms with Crippen LogP contribution in [0.15, 0.2) is 0 Å². The molecule has 4 N–H and O–H groups in total. The second-order valence-electron chi connectivity index (χ2n) is 4.71. The Morgan fingerprint density at radius 2 is 1.92 bits per heavy atom. The van der Waals surface area contributed by atoms with Gasteiger partial charge >= 0.3 is 0 Å². The Morgan fingerprint density at radius 3 is 2.46 bits per heavy atom. The van der Waals surface area contributed by atoms with Gasteiger partial charge in [0, 0.05) is 0 Å². The highest BCUT2D eigenvalue weighted by atomic mass is 16.1. The normalized spacial score (nSPS) is 40.2. The zero-order chi connectivity index (χ0) is 9.47. The minimum atomic E-state index is -0.689. The van der Waals surface area contributed by atoms with Crippen molar-refractivity contribution in [1.82, 2.24) is 0 Å². The first-order chi connectivity index (χ1) is 6.12. The molecule has 2 rings (SSSR count). The predicted octanol–water partition coefficient (Wildman–Crippen LogP) is 0.769. The fourth-order valence-corrected chi connectivity index (χ4v) is 2.55. The van der Waals surface area contributed by atoms with Crippen LogP contribution >= 0.6 is 0 Å². The molecule has 1 amide bonds. The van der Waals surface area contributed by atoms with Gasteiger partial charge in [0.05, 0.1) is 5.54 Å². The summed E-state index contributed by atoms with van der Waals surface area (Å²) in [6.45, 7) is 0. The molecule has 13 heavy (non-hydrogen) atoms. The fraction of sp³-hybridized carbons (Fsp3) is 0.900. The Bertz CT molecular complexity index is 225. The Morgan fingerprint density at radius 1 is 1.23 bits per heavy atom. The summed E-state index contributed by atoms with van der Waals surface area (Å²) < 4.78 is 0. The molecule has 2 unspecified atom stereocenters. The van der Waals surface area contributed by atoms with E-state index in [-0.39, 0.29) is 5.91 Å². The van der Waals surface area contributed by atoms with E-state index in [1.54, 1.807) is 0 Å². The summed E-state index contributed by atoms with van der Waals surface area (Å²) in [6, 6.07) is 0. The zero-order valence-electron chi connectivity index (χ0n) is 7.96. The van der Waals surface area contributed by atoms with Crippen molar-refractivity contribution in [1.29, 1.82) is 0 Å². The highest BCUT2D eigenvalue weighted by molar-refractivity contribution is 5.84. The van der Waals surface area contributed by atoms with Gasteiger partial charge in [0.25, 0.3) is 0 Å². The lowest BCUT2D eigenvalue weighted by atomic mass is 9.74. The molecule has 2 aliphatic rings. The maximum Gasteiger partial charge on any atom is 0.237 e. The molecule has 0 bridgehead atoms. The fourth-order valence-electron chi connectivity index (χ4n) is 2.55. The van der Waals surface area contributed by atoms with Crippen molar-refractivity contribution in [2.24, 2.45) is 23.3 Å². The summed E-state index contributed by atoms with van der Waals surface area (Å²) in [4.78, 5) is 11.2. The summed E-state index contributed by atoms with van der Waals surface area (Å²) in [5.41, 5.74) is 10.6. The minimum absolute atomic E-state index is 0.308. The molecule has 2 aliphatic carbocycles. The molecule has 2 saturated carbocycles. The van der Waals surface area contributed by atoms with Gasteiger partial charge in [-0.1, -0.05) is 12.8 Å². The highest BCUT2D eigenvalue weighted by Crippen LogP contribution is 2.45. The van der Waals surface area contributed by atoms with Gasteiger partial charge in [-0.3, -0.25) is 4.79 Å². The minimum Gasteiger partial charge on any atom is -0.368 e. The van der Waals surface area contributed by atoms with Crippen LogP contribution in [0, 0.1) is 11.8 Å². The predicted molar refractivity (Wildman–Crippen MR) is 50.8 cm³/mol.